The topological polar surface area (TPSA) is 78.9 Å². The van der Waals surface area contributed by atoms with Gasteiger partial charge in [-0.25, -0.2) is 0 Å². The molecule has 6 nitrogen and oxygen atoms in total. The minimum Gasteiger partial charge on any atom is -0.462 e. The van der Waals surface area contributed by atoms with Crippen LogP contribution in [0.2, 0.25) is 0 Å². The normalized spacial score (nSPS) is 12.6. The van der Waals surface area contributed by atoms with Gasteiger partial charge in [-0.2, -0.15) is 0 Å². The monoisotopic (exact) mass is 949 g/mol. The third-order valence-corrected chi connectivity index (χ3v) is 12.4. The van der Waals surface area contributed by atoms with Gasteiger partial charge >= 0.3 is 17.9 Å². The molecule has 0 N–H and O–H groups in total. The number of rotatable bonds is 52. The van der Waals surface area contributed by atoms with E-state index in [0.29, 0.717) is 19.3 Å². The van der Waals surface area contributed by atoms with Crippen LogP contribution < -0.4 is 0 Å². The number of esters is 3. The fraction of sp³-hybridized carbons (Fsp3) is 0.758. The highest BCUT2D eigenvalue weighted by atomic mass is 16.6. The molecule has 0 fully saturated rings. The summed E-state index contributed by atoms with van der Waals surface area (Å²) in [5.74, 6) is -0.918. The van der Waals surface area contributed by atoms with Gasteiger partial charge in [-0.1, -0.05) is 248 Å². The Hall–Kier alpha value is -3.15. The van der Waals surface area contributed by atoms with Crippen molar-refractivity contribution < 1.29 is 28.6 Å². The molecule has 0 aromatic heterocycles. The first-order chi connectivity index (χ1) is 33.5. The molecule has 0 aromatic carbocycles. The third-order valence-electron chi connectivity index (χ3n) is 12.4. The predicted molar refractivity (Wildman–Crippen MR) is 293 cm³/mol. The highest BCUT2D eigenvalue weighted by molar-refractivity contribution is 5.71. The lowest BCUT2D eigenvalue weighted by Gasteiger charge is -2.18. The zero-order valence-electron chi connectivity index (χ0n) is 44.9. The second-order valence-corrected chi connectivity index (χ2v) is 19.2. The van der Waals surface area contributed by atoms with Crippen LogP contribution in [0.15, 0.2) is 72.9 Å². The molecular weight excluding hydrogens is 841 g/mol. The summed E-state index contributed by atoms with van der Waals surface area (Å²) in [7, 11) is 0. The molecule has 0 aliphatic rings. The Balaban J connectivity index is 4.26. The van der Waals surface area contributed by atoms with Gasteiger partial charge in [0.2, 0.25) is 0 Å². The van der Waals surface area contributed by atoms with Crippen molar-refractivity contribution >= 4 is 17.9 Å². The van der Waals surface area contributed by atoms with Gasteiger partial charge in [0.05, 0.1) is 0 Å². The summed E-state index contributed by atoms with van der Waals surface area (Å²) in [6.45, 7) is 6.49. The number of carbonyl (C=O) groups excluding carboxylic acids is 3. The molecule has 0 aliphatic carbocycles. The van der Waals surface area contributed by atoms with Crippen LogP contribution in [-0.2, 0) is 28.6 Å². The average molecular weight is 950 g/mol. The Morgan fingerprint density at radius 1 is 0.309 bits per heavy atom. The molecule has 0 aliphatic heterocycles. The molecule has 0 aromatic rings. The molecule has 0 saturated carbocycles. The largest absolute Gasteiger partial charge is 0.462 e. The van der Waals surface area contributed by atoms with Gasteiger partial charge in [-0.05, 0) is 89.9 Å². The number of allylic oxidation sites excluding steroid dienone is 12. The summed E-state index contributed by atoms with van der Waals surface area (Å²) in [5, 5.41) is 0. The SMILES string of the molecule is CC/C=C\C/C=C\C/C=C\C/C=C\C/C=C\CCCCCC(=O)OC(COC(=O)CCCCCCCCCC)COC(=O)CCCCCCCCCCCCC/C=C\CCCCCCCCCC. The number of hydrogen-bond donors (Lipinski definition) is 0. The Bertz CT molecular complexity index is 1270. The minimum absolute atomic E-state index is 0.0876. The van der Waals surface area contributed by atoms with Crippen molar-refractivity contribution in [3.63, 3.8) is 0 Å². The van der Waals surface area contributed by atoms with E-state index in [9.17, 15) is 14.4 Å². The zero-order valence-corrected chi connectivity index (χ0v) is 44.9. The lowest BCUT2D eigenvalue weighted by atomic mass is 10.0. The van der Waals surface area contributed by atoms with Crippen molar-refractivity contribution in [2.24, 2.45) is 0 Å². The second kappa shape index (κ2) is 56.4. The molecule has 0 bridgehead atoms. The summed E-state index contributed by atoms with van der Waals surface area (Å²) in [4.78, 5) is 38.0. The molecule has 0 heterocycles. The molecule has 0 spiro atoms. The Labute approximate surface area is 421 Å². The number of hydrogen-bond acceptors (Lipinski definition) is 6. The average Bonchev–Trinajstić information content (AvgIpc) is 3.34. The van der Waals surface area contributed by atoms with E-state index in [1.54, 1.807) is 0 Å². The van der Waals surface area contributed by atoms with Crippen LogP contribution >= 0.6 is 0 Å². The number of ether oxygens (including phenoxy) is 3. The molecule has 0 amide bonds. The summed E-state index contributed by atoms with van der Waals surface area (Å²) in [6.07, 6.45) is 72.0. The molecule has 0 saturated heterocycles. The standard InChI is InChI=1S/C62H108O6/c1-4-7-10-13-16-19-21-23-25-27-29-30-31-32-34-35-37-39-41-43-46-49-52-55-61(64)67-58-59(57-66-60(63)54-51-48-45-18-15-12-9-6-3)68-62(65)56-53-50-47-44-42-40-38-36-33-28-26-24-22-20-17-14-11-8-5-2/h8,11,17,20,24,26-27,29,33,36,40,42,59H,4-7,9-10,12-16,18-19,21-23,25,28,30-32,34-35,37-39,41,43-58H2,1-3H3/b11-8-,20-17-,26-24-,29-27-,36-33-,42-40-. The maximum absolute atomic E-state index is 12.8. The van der Waals surface area contributed by atoms with Crippen molar-refractivity contribution in [2.75, 3.05) is 13.2 Å². The predicted octanol–water partition coefficient (Wildman–Crippen LogP) is 19.4. The quantitative estimate of drug-likeness (QED) is 0.0262. The molecule has 6 heteroatoms. The summed E-state index contributed by atoms with van der Waals surface area (Å²) < 4.78 is 16.8. The van der Waals surface area contributed by atoms with Gasteiger partial charge in [-0.15, -0.1) is 0 Å². The Kier molecular flexibility index (Phi) is 53.8. The summed E-state index contributed by atoms with van der Waals surface area (Å²) in [6, 6.07) is 0. The first-order valence-corrected chi connectivity index (χ1v) is 28.9. The van der Waals surface area contributed by atoms with Crippen LogP contribution in [0.5, 0.6) is 0 Å². The first-order valence-electron chi connectivity index (χ1n) is 28.9. The van der Waals surface area contributed by atoms with E-state index >= 15 is 0 Å². The highest BCUT2D eigenvalue weighted by Gasteiger charge is 2.19. The Morgan fingerprint density at radius 2 is 0.574 bits per heavy atom. The van der Waals surface area contributed by atoms with Crippen LogP contribution in [0.4, 0.5) is 0 Å². The second-order valence-electron chi connectivity index (χ2n) is 19.2. The lowest BCUT2D eigenvalue weighted by molar-refractivity contribution is -0.167. The molecule has 1 atom stereocenters. The van der Waals surface area contributed by atoms with Crippen LogP contribution in [0, 0.1) is 0 Å². The van der Waals surface area contributed by atoms with E-state index in [0.717, 1.165) is 96.3 Å². The molecule has 0 radical (unpaired) electrons. The smallest absolute Gasteiger partial charge is 0.306 e. The fourth-order valence-electron chi connectivity index (χ4n) is 8.11. The first kappa shape index (κ1) is 64.8. The van der Waals surface area contributed by atoms with E-state index < -0.39 is 6.10 Å². The highest BCUT2D eigenvalue weighted by Crippen LogP contribution is 2.15. The lowest BCUT2D eigenvalue weighted by Crippen LogP contribution is -2.30. The van der Waals surface area contributed by atoms with Gasteiger partial charge in [0, 0.05) is 19.3 Å². The molecular formula is C62H108O6. The van der Waals surface area contributed by atoms with Gasteiger partial charge in [0.1, 0.15) is 13.2 Å². The van der Waals surface area contributed by atoms with Crippen LogP contribution in [-0.4, -0.2) is 37.2 Å². The van der Waals surface area contributed by atoms with Gasteiger partial charge in [0.25, 0.3) is 0 Å². The van der Waals surface area contributed by atoms with Crippen LogP contribution in [0.3, 0.4) is 0 Å². The van der Waals surface area contributed by atoms with E-state index in [4.69, 9.17) is 14.2 Å². The van der Waals surface area contributed by atoms with Crippen molar-refractivity contribution in [1.82, 2.24) is 0 Å². The number of unbranched alkanes of at least 4 members (excludes halogenated alkanes) is 29. The van der Waals surface area contributed by atoms with Gasteiger partial charge < -0.3 is 14.2 Å². The van der Waals surface area contributed by atoms with Crippen molar-refractivity contribution in [1.29, 1.82) is 0 Å². The number of carbonyl (C=O) groups is 3. The summed E-state index contributed by atoms with van der Waals surface area (Å²) >= 11 is 0. The van der Waals surface area contributed by atoms with E-state index in [1.165, 1.54) is 148 Å². The van der Waals surface area contributed by atoms with Crippen molar-refractivity contribution in [2.45, 2.75) is 290 Å². The van der Waals surface area contributed by atoms with E-state index in [-0.39, 0.29) is 31.1 Å². The van der Waals surface area contributed by atoms with E-state index in [2.05, 4.69) is 93.7 Å². The molecule has 392 valence electrons. The van der Waals surface area contributed by atoms with Crippen LogP contribution in [0.25, 0.3) is 0 Å². The minimum atomic E-state index is -0.790. The van der Waals surface area contributed by atoms with Crippen LogP contribution in [0.1, 0.15) is 284 Å². The third kappa shape index (κ3) is 53.8. The molecule has 68 heavy (non-hydrogen) atoms. The van der Waals surface area contributed by atoms with Gasteiger partial charge in [0.15, 0.2) is 6.10 Å². The molecule has 0 rings (SSSR count). The Morgan fingerprint density at radius 3 is 0.926 bits per heavy atom. The van der Waals surface area contributed by atoms with Gasteiger partial charge in [-0.3, -0.25) is 14.4 Å². The zero-order chi connectivity index (χ0) is 49.3. The summed E-state index contributed by atoms with van der Waals surface area (Å²) in [5.41, 5.74) is 0. The maximum Gasteiger partial charge on any atom is 0.306 e. The maximum atomic E-state index is 12.8. The fourth-order valence-corrected chi connectivity index (χ4v) is 8.11. The van der Waals surface area contributed by atoms with Crippen molar-refractivity contribution in [3.05, 3.63) is 72.9 Å². The molecule has 1 unspecified atom stereocenters. The van der Waals surface area contributed by atoms with E-state index in [1.807, 2.05) is 0 Å². The van der Waals surface area contributed by atoms with Crippen molar-refractivity contribution in [3.8, 4) is 0 Å².